The van der Waals surface area contributed by atoms with Crippen LogP contribution in [0.5, 0.6) is 0 Å². The van der Waals surface area contributed by atoms with Crippen LogP contribution in [0.1, 0.15) is 18.4 Å². The number of benzene rings is 1. The van der Waals surface area contributed by atoms with Gasteiger partial charge in [0.1, 0.15) is 0 Å². The molecule has 1 saturated carbocycles. The number of hydrogen-bond acceptors (Lipinski definition) is 2. The summed E-state index contributed by atoms with van der Waals surface area (Å²) in [6.07, 6.45) is 2.18. The minimum atomic E-state index is -0.464. The molecule has 0 aromatic heterocycles. The van der Waals surface area contributed by atoms with Gasteiger partial charge in [-0.2, -0.15) is 0 Å². The van der Waals surface area contributed by atoms with Crippen molar-refractivity contribution in [3.8, 4) is 0 Å². The van der Waals surface area contributed by atoms with E-state index in [0.717, 1.165) is 17.6 Å². The van der Waals surface area contributed by atoms with E-state index in [9.17, 15) is 4.79 Å². The Kier molecular flexibility index (Phi) is 3.11. The van der Waals surface area contributed by atoms with E-state index in [1.54, 1.807) is 12.1 Å². The molecule has 4 heteroatoms. The lowest BCUT2D eigenvalue weighted by Gasteiger charge is -2.24. The number of cyclic esters (lactones) is 1. The van der Waals surface area contributed by atoms with Crippen LogP contribution >= 0.6 is 23.2 Å². The maximum Gasteiger partial charge on any atom is 0.313 e. The molecule has 100 valence electrons. The van der Waals surface area contributed by atoms with Crippen LogP contribution in [-0.4, -0.2) is 12.6 Å². The lowest BCUT2D eigenvalue weighted by Crippen LogP contribution is -2.31. The molecule has 3 rings (SSSR count). The van der Waals surface area contributed by atoms with Gasteiger partial charge in [0.05, 0.1) is 12.0 Å². The summed E-state index contributed by atoms with van der Waals surface area (Å²) in [6.45, 7) is 4.54. The van der Waals surface area contributed by atoms with E-state index >= 15 is 0 Å². The first-order valence-electron chi connectivity index (χ1n) is 6.29. The topological polar surface area (TPSA) is 26.3 Å². The van der Waals surface area contributed by atoms with Crippen LogP contribution in [0, 0.1) is 11.3 Å². The van der Waals surface area contributed by atoms with E-state index in [1.165, 1.54) is 0 Å². The molecule has 0 radical (unpaired) electrons. The first-order valence-corrected chi connectivity index (χ1v) is 7.05. The third-order valence-electron chi connectivity index (χ3n) is 4.23. The van der Waals surface area contributed by atoms with Gasteiger partial charge in [-0.1, -0.05) is 41.4 Å². The predicted molar refractivity (Wildman–Crippen MR) is 75.4 cm³/mol. The van der Waals surface area contributed by atoms with Crippen molar-refractivity contribution in [1.82, 2.24) is 0 Å². The normalized spacial score (nSPS) is 29.5. The fourth-order valence-corrected chi connectivity index (χ4v) is 3.74. The molecule has 1 aliphatic heterocycles. The molecule has 1 aliphatic carbocycles. The van der Waals surface area contributed by atoms with E-state index < -0.39 is 5.41 Å². The summed E-state index contributed by atoms with van der Waals surface area (Å²) in [5.74, 6) is 0.126. The van der Waals surface area contributed by atoms with Crippen molar-refractivity contribution in [2.45, 2.75) is 19.3 Å². The van der Waals surface area contributed by atoms with Gasteiger partial charge in [-0.3, -0.25) is 4.79 Å². The molecule has 2 unspecified atom stereocenters. The largest absolute Gasteiger partial charge is 0.465 e. The standard InChI is InChI=1S/C15H14Cl2O2/c1-9-4-11-8-19-14(18)15(11,6-9)7-10-2-3-12(16)5-13(10)17/h2-3,5,11H,1,4,6-8H2. The van der Waals surface area contributed by atoms with Crippen molar-refractivity contribution in [3.63, 3.8) is 0 Å². The summed E-state index contributed by atoms with van der Waals surface area (Å²) in [5.41, 5.74) is 1.62. The highest BCUT2D eigenvalue weighted by atomic mass is 35.5. The van der Waals surface area contributed by atoms with Crippen LogP contribution in [0.3, 0.4) is 0 Å². The zero-order chi connectivity index (χ0) is 13.6. The highest BCUT2D eigenvalue weighted by Crippen LogP contribution is 2.52. The third-order valence-corrected chi connectivity index (χ3v) is 4.81. The number of carbonyl (C=O) groups excluding carboxylic acids is 1. The molecule has 19 heavy (non-hydrogen) atoms. The van der Waals surface area contributed by atoms with Crippen molar-refractivity contribution in [1.29, 1.82) is 0 Å². The molecular weight excluding hydrogens is 283 g/mol. The smallest absolute Gasteiger partial charge is 0.313 e. The average Bonchev–Trinajstić information content (AvgIpc) is 2.80. The lowest BCUT2D eigenvalue weighted by atomic mass is 9.75. The Hall–Kier alpha value is -0.990. The molecule has 0 N–H and O–H groups in total. The number of carbonyl (C=O) groups is 1. The zero-order valence-corrected chi connectivity index (χ0v) is 11.9. The van der Waals surface area contributed by atoms with Crippen LogP contribution in [0.4, 0.5) is 0 Å². The third kappa shape index (κ3) is 2.07. The van der Waals surface area contributed by atoms with E-state index in [2.05, 4.69) is 6.58 Å². The molecular formula is C15H14Cl2O2. The van der Waals surface area contributed by atoms with Crippen molar-refractivity contribution in [2.75, 3.05) is 6.61 Å². The maximum absolute atomic E-state index is 12.2. The molecule has 1 saturated heterocycles. The average molecular weight is 297 g/mol. The van der Waals surface area contributed by atoms with Gasteiger partial charge >= 0.3 is 5.97 Å². The van der Waals surface area contributed by atoms with E-state index in [4.69, 9.17) is 27.9 Å². The Morgan fingerprint density at radius 2 is 2.21 bits per heavy atom. The summed E-state index contributed by atoms with van der Waals surface area (Å²) in [4.78, 5) is 12.2. The Balaban J connectivity index is 1.96. The quantitative estimate of drug-likeness (QED) is 0.608. The first kappa shape index (κ1) is 13.0. The fourth-order valence-electron chi connectivity index (χ4n) is 3.27. The Morgan fingerprint density at radius 3 is 2.95 bits per heavy atom. The Bertz CT molecular complexity index is 567. The van der Waals surface area contributed by atoms with Gasteiger partial charge in [-0.25, -0.2) is 0 Å². The number of halogens is 2. The highest BCUT2D eigenvalue weighted by molar-refractivity contribution is 6.35. The van der Waals surface area contributed by atoms with Gasteiger partial charge in [0.25, 0.3) is 0 Å². The number of fused-ring (bicyclic) bond motifs is 1. The second kappa shape index (κ2) is 4.53. The van der Waals surface area contributed by atoms with E-state index in [-0.39, 0.29) is 11.9 Å². The Labute approximate surface area is 122 Å². The number of allylic oxidation sites excluding steroid dienone is 1. The number of hydrogen-bond donors (Lipinski definition) is 0. The molecule has 1 aromatic rings. The van der Waals surface area contributed by atoms with Crippen molar-refractivity contribution < 1.29 is 9.53 Å². The van der Waals surface area contributed by atoms with Crippen molar-refractivity contribution >= 4 is 29.2 Å². The maximum atomic E-state index is 12.2. The van der Waals surface area contributed by atoms with Crippen LogP contribution in [0.2, 0.25) is 10.0 Å². The molecule has 2 fully saturated rings. The van der Waals surface area contributed by atoms with Gasteiger partial charge in [0.2, 0.25) is 0 Å². The fraction of sp³-hybridized carbons (Fsp3) is 0.400. The van der Waals surface area contributed by atoms with Gasteiger partial charge in [0, 0.05) is 16.0 Å². The molecule has 1 heterocycles. The SMILES string of the molecule is C=C1CC2COC(=O)C2(Cc2ccc(Cl)cc2Cl)C1. The van der Waals surface area contributed by atoms with Crippen LogP contribution < -0.4 is 0 Å². The predicted octanol–water partition coefficient (Wildman–Crippen LogP) is 4.05. The highest BCUT2D eigenvalue weighted by Gasteiger charge is 2.56. The molecule has 0 amide bonds. The number of esters is 1. The lowest BCUT2D eigenvalue weighted by molar-refractivity contribution is -0.146. The molecule has 2 nitrogen and oxygen atoms in total. The number of rotatable bonds is 2. The van der Waals surface area contributed by atoms with Gasteiger partial charge in [-0.05, 0) is 37.0 Å². The molecule has 1 aromatic carbocycles. The number of ether oxygens (including phenoxy) is 1. The Morgan fingerprint density at radius 1 is 1.42 bits per heavy atom. The monoisotopic (exact) mass is 296 g/mol. The van der Waals surface area contributed by atoms with Crippen LogP contribution in [0.15, 0.2) is 30.4 Å². The van der Waals surface area contributed by atoms with Crippen molar-refractivity contribution in [3.05, 3.63) is 46.0 Å². The minimum Gasteiger partial charge on any atom is -0.465 e. The van der Waals surface area contributed by atoms with Gasteiger partial charge in [0.15, 0.2) is 0 Å². The van der Waals surface area contributed by atoms with Gasteiger partial charge < -0.3 is 4.74 Å². The minimum absolute atomic E-state index is 0.109. The molecule has 2 atom stereocenters. The molecule has 0 spiro atoms. The molecule has 0 bridgehead atoms. The van der Waals surface area contributed by atoms with E-state index in [0.29, 0.717) is 29.5 Å². The summed E-state index contributed by atoms with van der Waals surface area (Å²) >= 11 is 12.1. The van der Waals surface area contributed by atoms with Crippen LogP contribution in [-0.2, 0) is 16.0 Å². The second-order valence-electron chi connectivity index (χ2n) is 5.49. The van der Waals surface area contributed by atoms with Gasteiger partial charge in [-0.15, -0.1) is 0 Å². The first-order chi connectivity index (χ1) is 9.01. The summed E-state index contributed by atoms with van der Waals surface area (Å²) in [7, 11) is 0. The second-order valence-corrected chi connectivity index (χ2v) is 6.34. The summed E-state index contributed by atoms with van der Waals surface area (Å²) < 4.78 is 5.26. The van der Waals surface area contributed by atoms with E-state index in [1.807, 2.05) is 6.07 Å². The van der Waals surface area contributed by atoms with Crippen molar-refractivity contribution in [2.24, 2.45) is 11.3 Å². The van der Waals surface area contributed by atoms with Crippen LogP contribution in [0.25, 0.3) is 0 Å². The zero-order valence-electron chi connectivity index (χ0n) is 10.4. The summed E-state index contributed by atoms with van der Waals surface area (Å²) in [5, 5.41) is 1.21. The summed E-state index contributed by atoms with van der Waals surface area (Å²) in [6, 6.07) is 5.41. The molecule has 2 aliphatic rings.